The lowest BCUT2D eigenvalue weighted by atomic mass is 10.2. The number of aromatic nitrogens is 2. The molecular weight excluding hydrogens is 361 g/mol. The molecule has 0 N–H and O–H groups in total. The molecule has 0 fully saturated rings. The van der Waals surface area contributed by atoms with Gasteiger partial charge in [0.2, 0.25) is 0 Å². The molecule has 2 rings (SSSR count). The van der Waals surface area contributed by atoms with Gasteiger partial charge < -0.3 is 4.74 Å². The maximum atomic E-state index is 13.6. The molecule has 1 aromatic carbocycles. The Kier molecular flexibility index (Phi) is 6.70. The number of unbranched alkanes of at least 4 members (excludes halogenated alkanes) is 1. The van der Waals surface area contributed by atoms with Crippen molar-refractivity contribution >= 4 is 17.3 Å². The van der Waals surface area contributed by atoms with Gasteiger partial charge in [0.15, 0.2) is 5.69 Å². The molecular formula is C18H21F3N4O2. The third-order valence-corrected chi connectivity index (χ3v) is 3.73. The average molecular weight is 382 g/mol. The minimum absolute atomic E-state index is 0.0387. The number of carbonyl (C=O) groups excluding carboxylic acids is 1. The molecule has 0 bridgehead atoms. The van der Waals surface area contributed by atoms with Crippen molar-refractivity contribution in [1.29, 1.82) is 0 Å². The van der Waals surface area contributed by atoms with Crippen LogP contribution in [0.1, 0.15) is 36.7 Å². The lowest BCUT2D eigenvalue weighted by Gasteiger charge is -2.11. The van der Waals surface area contributed by atoms with E-state index in [0.717, 1.165) is 10.2 Å². The fourth-order valence-electron chi connectivity index (χ4n) is 2.43. The van der Waals surface area contributed by atoms with Crippen LogP contribution in [0.15, 0.2) is 34.5 Å². The summed E-state index contributed by atoms with van der Waals surface area (Å²) in [5, 5.41) is 11.7. The van der Waals surface area contributed by atoms with Gasteiger partial charge in [0.05, 0.1) is 18.0 Å². The molecule has 0 aliphatic carbocycles. The molecule has 0 aliphatic rings. The molecule has 0 spiro atoms. The number of alkyl halides is 3. The van der Waals surface area contributed by atoms with Gasteiger partial charge in [-0.1, -0.05) is 17.7 Å². The Labute approximate surface area is 155 Å². The first-order chi connectivity index (χ1) is 12.7. The van der Waals surface area contributed by atoms with E-state index in [1.807, 2.05) is 6.92 Å². The van der Waals surface area contributed by atoms with E-state index >= 15 is 0 Å². The van der Waals surface area contributed by atoms with Gasteiger partial charge >= 0.3 is 12.1 Å². The SMILES string of the molecule is CC(=O)OCCCCn1nc(C)c(N=Nc2ccc(C)cc2)c1C(F)(F)F. The molecule has 9 heteroatoms. The van der Waals surface area contributed by atoms with Crippen molar-refractivity contribution in [2.75, 3.05) is 6.61 Å². The summed E-state index contributed by atoms with van der Waals surface area (Å²) in [5.41, 5.74) is 0.412. The second kappa shape index (κ2) is 8.79. The van der Waals surface area contributed by atoms with E-state index in [9.17, 15) is 18.0 Å². The summed E-state index contributed by atoms with van der Waals surface area (Å²) in [4.78, 5) is 10.7. The van der Waals surface area contributed by atoms with Crippen molar-refractivity contribution in [2.45, 2.75) is 46.3 Å². The van der Waals surface area contributed by atoms with Crippen molar-refractivity contribution in [2.24, 2.45) is 10.2 Å². The molecule has 0 saturated heterocycles. The molecule has 1 aromatic heterocycles. The Morgan fingerprint density at radius 2 is 1.81 bits per heavy atom. The van der Waals surface area contributed by atoms with Gasteiger partial charge in [-0.15, -0.1) is 5.11 Å². The predicted molar refractivity (Wildman–Crippen MR) is 93.2 cm³/mol. The van der Waals surface area contributed by atoms with Crippen LogP contribution in [0.2, 0.25) is 0 Å². The zero-order valence-electron chi connectivity index (χ0n) is 15.4. The molecule has 0 amide bonds. The topological polar surface area (TPSA) is 68.8 Å². The van der Waals surface area contributed by atoms with Gasteiger partial charge in [-0.3, -0.25) is 9.48 Å². The second-order valence-electron chi connectivity index (χ2n) is 6.09. The van der Waals surface area contributed by atoms with Crippen LogP contribution in [0.3, 0.4) is 0 Å². The zero-order valence-corrected chi connectivity index (χ0v) is 15.4. The first-order valence-corrected chi connectivity index (χ1v) is 8.45. The van der Waals surface area contributed by atoms with E-state index in [4.69, 9.17) is 4.74 Å². The molecule has 2 aromatic rings. The molecule has 0 aliphatic heterocycles. The highest BCUT2D eigenvalue weighted by Gasteiger charge is 2.39. The molecule has 146 valence electrons. The summed E-state index contributed by atoms with van der Waals surface area (Å²) in [6.45, 7) is 4.85. The van der Waals surface area contributed by atoms with E-state index in [1.54, 1.807) is 24.3 Å². The highest BCUT2D eigenvalue weighted by atomic mass is 19.4. The van der Waals surface area contributed by atoms with Crippen molar-refractivity contribution < 1.29 is 22.7 Å². The lowest BCUT2D eigenvalue weighted by Crippen LogP contribution is -2.15. The second-order valence-corrected chi connectivity index (χ2v) is 6.09. The average Bonchev–Trinajstić information content (AvgIpc) is 2.89. The van der Waals surface area contributed by atoms with Gasteiger partial charge in [0.25, 0.3) is 0 Å². The minimum atomic E-state index is -4.61. The Bertz CT molecular complexity index is 811. The van der Waals surface area contributed by atoms with Crippen molar-refractivity contribution in [1.82, 2.24) is 9.78 Å². The standard InChI is InChI=1S/C18H21F3N4O2/c1-12-6-8-15(9-7-12)22-23-16-13(2)24-25(17(16)18(19,20)21)10-4-5-11-27-14(3)26/h6-9H,4-5,10-11H2,1-3H3. The van der Waals surface area contributed by atoms with E-state index in [0.29, 0.717) is 18.5 Å². The van der Waals surface area contributed by atoms with Crippen molar-refractivity contribution in [3.63, 3.8) is 0 Å². The van der Waals surface area contributed by atoms with Gasteiger partial charge in [-0.25, -0.2) is 0 Å². The van der Waals surface area contributed by atoms with E-state index in [1.165, 1.54) is 13.8 Å². The maximum Gasteiger partial charge on any atom is 0.435 e. The number of esters is 1. The first-order valence-electron chi connectivity index (χ1n) is 8.45. The summed E-state index contributed by atoms with van der Waals surface area (Å²) in [6, 6.07) is 6.97. The summed E-state index contributed by atoms with van der Waals surface area (Å²) >= 11 is 0. The largest absolute Gasteiger partial charge is 0.466 e. The quantitative estimate of drug-likeness (QED) is 0.372. The van der Waals surface area contributed by atoms with Gasteiger partial charge in [0.1, 0.15) is 5.69 Å². The molecule has 0 radical (unpaired) electrons. The lowest BCUT2D eigenvalue weighted by molar-refractivity contribution is -0.143. The monoisotopic (exact) mass is 382 g/mol. The molecule has 0 unspecified atom stereocenters. The van der Waals surface area contributed by atoms with Crippen molar-refractivity contribution in [3.8, 4) is 0 Å². The number of carbonyl (C=O) groups is 1. The number of hydrogen-bond acceptors (Lipinski definition) is 5. The summed E-state index contributed by atoms with van der Waals surface area (Å²) < 4.78 is 46.3. The Balaban J connectivity index is 2.20. The van der Waals surface area contributed by atoms with Crippen LogP contribution in [0.25, 0.3) is 0 Å². The van der Waals surface area contributed by atoms with Crippen molar-refractivity contribution in [3.05, 3.63) is 41.2 Å². The van der Waals surface area contributed by atoms with Crippen LogP contribution in [0, 0.1) is 13.8 Å². The van der Waals surface area contributed by atoms with E-state index in [2.05, 4.69) is 15.3 Å². The van der Waals surface area contributed by atoms with Crippen LogP contribution in [0.5, 0.6) is 0 Å². The van der Waals surface area contributed by atoms with Crippen LogP contribution >= 0.6 is 0 Å². The van der Waals surface area contributed by atoms with Gasteiger partial charge in [-0.05, 0) is 38.8 Å². The third-order valence-electron chi connectivity index (χ3n) is 3.73. The number of hydrogen-bond donors (Lipinski definition) is 0. The fourth-order valence-corrected chi connectivity index (χ4v) is 2.43. The summed E-state index contributed by atoms with van der Waals surface area (Å²) in [7, 11) is 0. The molecule has 6 nitrogen and oxygen atoms in total. The van der Waals surface area contributed by atoms with Crippen LogP contribution in [0.4, 0.5) is 24.5 Å². The van der Waals surface area contributed by atoms with Gasteiger partial charge in [-0.2, -0.15) is 23.4 Å². The molecule has 0 atom stereocenters. The van der Waals surface area contributed by atoms with Crippen LogP contribution in [-0.4, -0.2) is 22.4 Å². The fraction of sp³-hybridized carbons (Fsp3) is 0.444. The number of benzene rings is 1. The van der Waals surface area contributed by atoms with E-state index < -0.39 is 17.8 Å². The van der Waals surface area contributed by atoms with Crippen LogP contribution < -0.4 is 0 Å². The Hall–Kier alpha value is -2.71. The number of azo groups is 1. The maximum absolute atomic E-state index is 13.6. The predicted octanol–water partition coefficient (Wildman–Crippen LogP) is 5.28. The normalized spacial score (nSPS) is 11.9. The number of rotatable bonds is 7. The molecule has 1 heterocycles. The Morgan fingerprint density at radius 3 is 2.41 bits per heavy atom. The summed E-state index contributed by atoms with van der Waals surface area (Å²) in [5.74, 6) is -0.417. The first kappa shape index (κ1) is 20.6. The third kappa shape index (κ3) is 5.90. The molecule has 27 heavy (non-hydrogen) atoms. The van der Waals surface area contributed by atoms with E-state index in [-0.39, 0.29) is 24.5 Å². The van der Waals surface area contributed by atoms with Gasteiger partial charge in [0, 0.05) is 13.5 Å². The number of ether oxygens (including phenoxy) is 1. The Morgan fingerprint density at radius 1 is 1.15 bits per heavy atom. The summed E-state index contributed by atoms with van der Waals surface area (Å²) in [6.07, 6.45) is -3.79. The number of aryl methyl sites for hydroxylation is 3. The zero-order chi connectivity index (χ0) is 20.0. The highest BCUT2D eigenvalue weighted by molar-refractivity contribution is 5.65. The van der Waals surface area contributed by atoms with Crippen LogP contribution in [-0.2, 0) is 22.3 Å². The highest BCUT2D eigenvalue weighted by Crippen LogP contribution is 2.39. The smallest absolute Gasteiger partial charge is 0.435 e. The minimum Gasteiger partial charge on any atom is -0.466 e. The number of nitrogens with zero attached hydrogens (tertiary/aromatic N) is 4. The number of halogens is 3. The molecule has 0 saturated carbocycles.